The predicted molar refractivity (Wildman–Crippen MR) is 117 cm³/mol. The summed E-state index contributed by atoms with van der Waals surface area (Å²) in [4.78, 5) is 11.3. The van der Waals surface area contributed by atoms with E-state index in [-0.39, 0.29) is 11.4 Å². The molecule has 10 heteroatoms. The lowest BCUT2D eigenvalue weighted by atomic mass is 10.3. The molecule has 0 unspecified atom stereocenters. The molecular formula is C19H26BrN5O3S. The van der Waals surface area contributed by atoms with E-state index < -0.39 is 10.0 Å². The third-order valence-electron chi connectivity index (χ3n) is 4.47. The molecule has 8 nitrogen and oxygen atoms in total. The second-order valence-corrected chi connectivity index (χ2v) is 9.35. The second-order valence-electron chi connectivity index (χ2n) is 6.70. The van der Waals surface area contributed by atoms with E-state index >= 15 is 0 Å². The molecule has 1 fully saturated rings. The molecule has 29 heavy (non-hydrogen) atoms. The van der Waals surface area contributed by atoms with Gasteiger partial charge in [0.1, 0.15) is 28.1 Å². The average Bonchev–Trinajstić information content (AvgIpc) is 3.21. The van der Waals surface area contributed by atoms with Crippen molar-refractivity contribution in [1.82, 2.24) is 14.7 Å². The van der Waals surface area contributed by atoms with Crippen LogP contribution in [0.25, 0.3) is 0 Å². The first-order valence-corrected chi connectivity index (χ1v) is 11.9. The van der Waals surface area contributed by atoms with Gasteiger partial charge in [0, 0.05) is 36.7 Å². The van der Waals surface area contributed by atoms with E-state index in [4.69, 9.17) is 4.74 Å². The first-order chi connectivity index (χ1) is 13.9. The minimum absolute atomic E-state index is 0.114. The van der Waals surface area contributed by atoms with Crippen LogP contribution in [0.2, 0.25) is 0 Å². The molecule has 158 valence electrons. The minimum Gasteiger partial charge on any atom is -0.492 e. The molecule has 1 aliphatic rings. The Bertz CT molecular complexity index is 949. The Balaban J connectivity index is 1.61. The Morgan fingerprint density at radius 3 is 2.66 bits per heavy atom. The molecule has 0 saturated carbocycles. The number of hydrogen-bond acceptors (Lipinski definition) is 7. The summed E-state index contributed by atoms with van der Waals surface area (Å²) in [6.07, 6.45) is 2.35. The van der Waals surface area contributed by atoms with Gasteiger partial charge in [-0.15, -0.1) is 0 Å². The van der Waals surface area contributed by atoms with E-state index in [2.05, 4.69) is 40.8 Å². The Morgan fingerprint density at radius 1 is 1.17 bits per heavy atom. The predicted octanol–water partition coefficient (Wildman–Crippen LogP) is 2.94. The molecule has 0 atom stereocenters. The summed E-state index contributed by atoms with van der Waals surface area (Å²) in [7, 11) is -3.71. The molecule has 1 aromatic carbocycles. The van der Waals surface area contributed by atoms with E-state index in [1.165, 1.54) is 18.9 Å². The fourth-order valence-corrected chi connectivity index (χ4v) is 4.88. The Hall–Kier alpha value is -1.91. The first-order valence-electron chi connectivity index (χ1n) is 9.65. The average molecular weight is 484 g/mol. The van der Waals surface area contributed by atoms with Gasteiger partial charge in [-0.3, -0.25) is 0 Å². The maximum Gasteiger partial charge on any atom is 0.244 e. The molecule has 0 spiro atoms. The lowest BCUT2D eigenvalue weighted by Gasteiger charge is -2.18. The highest BCUT2D eigenvalue weighted by Gasteiger charge is 2.20. The number of halogens is 1. The highest BCUT2D eigenvalue weighted by Crippen LogP contribution is 2.27. The van der Waals surface area contributed by atoms with Crippen molar-refractivity contribution in [3.8, 4) is 5.75 Å². The van der Waals surface area contributed by atoms with Crippen molar-refractivity contribution < 1.29 is 13.2 Å². The summed E-state index contributed by atoms with van der Waals surface area (Å²) in [5.74, 6) is 2.62. The van der Waals surface area contributed by atoms with Crippen LogP contribution >= 0.6 is 15.9 Å². The molecule has 2 aromatic rings. The summed E-state index contributed by atoms with van der Waals surface area (Å²) in [5, 5.41) is 3.18. The summed E-state index contributed by atoms with van der Waals surface area (Å²) in [6.45, 7) is 6.68. The van der Waals surface area contributed by atoms with Crippen molar-refractivity contribution in [3.05, 3.63) is 34.6 Å². The summed E-state index contributed by atoms with van der Waals surface area (Å²) >= 11 is 3.32. The van der Waals surface area contributed by atoms with Crippen LogP contribution in [-0.2, 0) is 10.0 Å². The summed E-state index contributed by atoms with van der Waals surface area (Å²) in [6, 6.07) is 6.84. The SMILES string of the molecule is CCOc1ccc(Br)cc1S(=O)(=O)NCCNc1cc(N2CCCC2)nc(C)n1. The zero-order valence-electron chi connectivity index (χ0n) is 16.6. The molecule has 2 heterocycles. The van der Waals surface area contributed by atoms with Crippen LogP contribution in [0.3, 0.4) is 0 Å². The molecule has 1 aliphatic heterocycles. The highest BCUT2D eigenvalue weighted by molar-refractivity contribution is 9.10. The number of ether oxygens (including phenoxy) is 1. The molecule has 0 amide bonds. The van der Waals surface area contributed by atoms with E-state index in [1.807, 2.05) is 19.9 Å². The quantitative estimate of drug-likeness (QED) is 0.529. The van der Waals surface area contributed by atoms with Crippen molar-refractivity contribution in [2.75, 3.05) is 43.0 Å². The Morgan fingerprint density at radius 2 is 1.93 bits per heavy atom. The van der Waals surface area contributed by atoms with Crippen molar-refractivity contribution in [1.29, 1.82) is 0 Å². The van der Waals surface area contributed by atoms with Crippen molar-refractivity contribution in [3.63, 3.8) is 0 Å². The lowest BCUT2D eigenvalue weighted by Crippen LogP contribution is -2.29. The fourth-order valence-electron chi connectivity index (χ4n) is 3.17. The number of benzene rings is 1. The van der Waals surface area contributed by atoms with Crippen LogP contribution in [0, 0.1) is 6.92 Å². The number of rotatable bonds is 9. The molecule has 2 N–H and O–H groups in total. The van der Waals surface area contributed by atoms with Gasteiger partial charge in [0.15, 0.2) is 0 Å². The third-order valence-corrected chi connectivity index (χ3v) is 6.45. The molecule has 1 aromatic heterocycles. The largest absolute Gasteiger partial charge is 0.492 e. The van der Waals surface area contributed by atoms with Gasteiger partial charge in [-0.1, -0.05) is 15.9 Å². The number of aryl methyl sites for hydroxylation is 1. The Labute approximate surface area is 180 Å². The van der Waals surface area contributed by atoms with Gasteiger partial charge in [0.25, 0.3) is 0 Å². The van der Waals surface area contributed by atoms with Crippen molar-refractivity contribution in [2.24, 2.45) is 0 Å². The summed E-state index contributed by atoms with van der Waals surface area (Å²) < 4.78 is 34.1. The van der Waals surface area contributed by atoms with Gasteiger partial charge in [-0.25, -0.2) is 23.1 Å². The minimum atomic E-state index is -3.71. The lowest BCUT2D eigenvalue weighted by molar-refractivity contribution is 0.331. The van der Waals surface area contributed by atoms with Crippen LogP contribution in [-0.4, -0.2) is 51.2 Å². The standard InChI is InChI=1S/C19H26BrN5O3S/c1-3-28-16-7-6-15(20)12-17(16)29(26,27)22-9-8-21-18-13-19(24-14(2)23-18)25-10-4-5-11-25/h6-7,12-13,22H,3-5,8-11H2,1-2H3,(H,21,23,24). The van der Waals surface area contributed by atoms with Gasteiger partial charge in [0.2, 0.25) is 10.0 Å². The second kappa shape index (κ2) is 9.73. The first kappa shape index (κ1) is 21.8. The monoisotopic (exact) mass is 483 g/mol. The number of hydrogen-bond donors (Lipinski definition) is 2. The third kappa shape index (κ3) is 5.80. The molecule has 0 bridgehead atoms. The van der Waals surface area contributed by atoms with Crippen LogP contribution in [0.4, 0.5) is 11.6 Å². The fraction of sp³-hybridized carbons (Fsp3) is 0.474. The van der Waals surface area contributed by atoms with Crippen LogP contribution in [0.5, 0.6) is 5.75 Å². The maximum absolute atomic E-state index is 12.7. The molecule has 0 aliphatic carbocycles. The van der Waals surface area contributed by atoms with Gasteiger partial charge in [0.05, 0.1) is 6.61 Å². The number of nitrogens with one attached hydrogen (secondary N) is 2. The number of sulfonamides is 1. The smallest absolute Gasteiger partial charge is 0.244 e. The van der Waals surface area contributed by atoms with Gasteiger partial charge in [-0.2, -0.15) is 0 Å². The van der Waals surface area contributed by atoms with Crippen LogP contribution in [0.1, 0.15) is 25.6 Å². The van der Waals surface area contributed by atoms with Gasteiger partial charge in [-0.05, 0) is 44.9 Å². The topological polar surface area (TPSA) is 96.5 Å². The van der Waals surface area contributed by atoms with E-state index in [1.54, 1.807) is 12.1 Å². The molecule has 1 saturated heterocycles. The molecule has 0 radical (unpaired) electrons. The van der Waals surface area contributed by atoms with E-state index in [9.17, 15) is 8.42 Å². The maximum atomic E-state index is 12.7. The van der Waals surface area contributed by atoms with Crippen molar-refractivity contribution >= 4 is 37.6 Å². The number of aromatic nitrogens is 2. The van der Waals surface area contributed by atoms with Crippen molar-refractivity contribution in [2.45, 2.75) is 31.6 Å². The van der Waals surface area contributed by atoms with E-state index in [0.717, 1.165) is 18.9 Å². The number of anilines is 2. The Kier molecular flexibility index (Phi) is 7.31. The normalized spacial score (nSPS) is 14.2. The zero-order valence-corrected chi connectivity index (χ0v) is 19.0. The van der Waals surface area contributed by atoms with Gasteiger partial charge < -0.3 is 15.0 Å². The van der Waals surface area contributed by atoms with E-state index in [0.29, 0.717) is 35.0 Å². The molecule has 3 rings (SSSR count). The van der Waals surface area contributed by atoms with Crippen LogP contribution in [0.15, 0.2) is 33.6 Å². The van der Waals surface area contributed by atoms with Gasteiger partial charge >= 0.3 is 0 Å². The van der Waals surface area contributed by atoms with Crippen LogP contribution < -0.4 is 19.7 Å². The highest BCUT2D eigenvalue weighted by atomic mass is 79.9. The number of nitrogens with zero attached hydrogens (tertiary/aromatic N) is 3. The zero-order chi connectivity index (χ0) is 20.9. The summed E-state index contributed by atoms with van der Waals surface area (Å²) in [5.41, 5.74) is 0. The molecular weight excluding hydrogens is 458 g/mol.